The Bertz CT molecular complexity index is 2530. The zero-order valence-electron chi connectivity index (χ0n) is 24.5. The number of fused-ring (bicyclic) bond motifs is 7. The van der Waals surface area contributed by atoms with E-state index >= 15 is 0 Å². The Kier molecular flexibility index (Phi) is 6.03. The summed E-state index contributed by atoms with van der Waals surface area (Å²) in [5.41, 5.74) is 7.23. The molecule has 0 fully saturated rings. The van der Waals surface area contributed by atoms with E-state index in [0.717, 1.165) is 71.4 Å². The van der Waals surface area contributed by atoms with Crippen LogP contribution in [-0.4, -0.2) is 29.9 Å². The number of hydrogen-bond donors (Lipinski definition) is 0. The highest BCUT2D eigenvalue weighted by Gasteiger charge is 2.17. The van der Waals surface area contributed by atoms with Crippen LogP contribution in [0.5, 0.6) is 0 Å². The predicted molar refractivity (Wildman–Crippen MR) is 185 cm³/mol. The van der Waals surface area contributed by atoms with Crippen molar-refractivity contribution in [3.63, 3.8) is 0 Å². The van der Waals surface area contributed by atoms with Crippen LogP contribution in [0.1, 0.15) is 0 Å². The minimum absolute atomic E-state index is 0.604. The lowest BCUT2D eigenvalue weighted by molar-refractivity contribution is 1.07. The second-order valence-electron chi connectivity index (χ2n) is 11.2. The molecule has 46 heavy (non-hydrogen) atoms. The summed E-state index contributed by atoms with van der Waals surface area (Å²) in [6.07, 6.45) is 3.74. The molecule has 214 valence electrons. The van der Waals surface area contributed by atoms with Crippen molar-refractivity contribution in [3.05, 3.63) is 146 Å². The molecule has 4 heterocycles. The topological polar surface area (TPSA) is 77.3 Å². The molecule has 0 aliphatic heterocycles. The van der Waals surface area contributed by atoms with Gasteiger partial charge in [-0.2, -0.15) is 0 Å². The predicted octanol–water partition coefficient (Wildman–Crippen LogP) is 9.34. The van der Waals surface area contributed by atoms with Gasteiger partial charge >= 0.3 is 0 Å². The molecule has 0 atom stereocenters. The van der Waals surface area contributed by atoms with Gasteiger partial charge in [0.2, 0.25) is 0 Å². The second-order valence-corrected chi connectivity index (χ2v) is 11.2. The van der Waals surface area contributed by atoms with Crippen molar-refractivity contribution in [3.8, 4) is 45.4 Å². The van der Waals surface area contributed by atoms with Crippen LogP contribution in [-0.2, 0) is 0 Å². The Morgan fingerprint density at radius 2 is 0.978 bits per heavy atom. The molecule has 6 nitrogen and oxygen atoms in total. The Hall–Kier alpha value is -6.40. The van der Waals surface area contributed by atoms with Crippen LogP contribution >= 0.6 is 0 Å². The monoisotopic (exact) mass is 588 g/mol. The van der Waals surface area contributed by atoms with Crippen LogP contribution in [0.25, 0.3) is 88.9 Å². The fraction of sp³-hybridized carbons (Fsp3) is 0. The minimum Gasteiger partial charge on any atom is -0.254 e. The number of aromatic nitrogens is 6. The Balaban J connectivity index is 1.27. The van der Waals surface area contributed by atoms with Crippen LogP contribution in [0.15, 0.2) is 146 Å². The van der Waals surface area contributed by atoms with Crippen LogP contribution in [0.2, 0.25) is 0 Å². The fourth-order valence-corrected chi connectivity index (χ4v) is 6.16. The molecule has 0 aliphatic rings. The van der Waals surface area contributed by atoms with E-state index in [0.29, 0.717) is 17.5 Å². The molecule has 0 bridgehead atoms. The fourth-order valence-electron chi connectivity index (χ4n) is 6.16. The van der Waals surface area contributed by atoms with E-state index in [1.807, 2.05) is 91.3 Å². The summed E-state index contributed by atoms with van der Waals surface area (Å²) in [7, 11) is 0. The first-order valence-electron chi connectivity index (χ1n) is 15.1. The molecule has 9 rings (SSSR count). The van der Waals surface area contributed by atoms with Gasteiger partial charge in [-0.25, -0.2) is 19.9 Å². The molecule has 0 amide bonds. The normalized spacial score (nSPS) is 11.5. The van der Waals surface area contributed by atoms with E-state index in [2.05, 4.69) is 59.6 Å². The van der Waals surface area contributed by atoms with Crippen LogP contribution in [0.4, 0.5) is 0 Å². The largest absolute Gasteiger partial charge is 0.254 e. The number of benzene rings is 5. The molecule has 9 aromatic rings. The SMILES string of the molecule is c1ccc(-c2nc(-c3ccccc3)nc(-c3cccc(-c4nc5c(cnc6c5ccc5cccnc56)c5ccccc45)c3)n2)cc1. The molecular formula is C40H24N6. The minimum atomic E-state index is 0.604. The van der Waals surface area contributed by atoms with Crippen molar-refractivity contribution in [1.82, 2.24) is 29.9 Å². The van der Waals surface area contributed by atoms with E-state index in [-0.39, 0.29) is 0 Å². The van der Waals surface area contributed by atoms with Gasteiger partial charge in [0, 0.05) is 56.2 Å². The van der Waals surface area contributed by atoms with Crippen LogP contribution in [0.3, 0.4) is 0 Å². The zero-order valence-corrected chi connectivity index (χ0v) is 24.5. The van der Waals surface area contributed by atoms with Crippen LogP contribution < -0.4 is 0 Å². The molecule has 0 aliphatic carbocycles. The summed E-state index contributed by atoms with van der Waals surface area (Å²) in [5, 5.41) is 5.19. The van der Waals surface area contributed by atoms with Gasteiger partial charge in [0.05, 0.1) is 22.2 Å². The summed E-state index contributed by atoms with van der Waals surface area (Å²) >= 11 is 0. The molecule has 0 spiro atoms. The molecule has 0 N–H and O–H groups in total. The maximum atomic E-state index is 5.35. The lowest BCUT2D eigenvalue weighted by atomic mass is 9.98. The van der Waals surface area contributed by atoms with Gasteiger partial charge in [0.25, 0.3) is 0 Å². The van der Waals surface area contributed by atoms with E-state index in [4.69, 9.17) is 24.9 Å². The Morgan fingerprint density at radius 3 is 1.72 bits per heavy atom. The highest BCUT2D eigenvalue weighted by molar-refractivity contribution is 6.20. The summed E-state index contributed by atoms with van der Waals surface area (Å²) in [4.78, 5) is 29.7. The first kappa shape index (κ1) is 26.0. The molecule has 0 saturated heterocycles. The third-order valence-electron chi connectivity index (χ3n) is 8.37. The number of hydrogen-bond acceptors (Lipinski definition) is 6. The van der Waals surface area contributed by atoms with Gasteiger partial charge in [0.15, 0.2) is 17.5 Å². The number of pyridine rings is 3. The number of rotatable bonds is 4. The van der Waals surface area contributed by atoms with Crippen molar-refractivity contribution in [2.75, 3.05) is 0 Å². The van der Waals surface area contributed by atoms with Crippen molar-refractivity contribution in [2.45, 2.75) is 0 Å². The summed E-state index contributed by atoms with van der Waals surface area (Å²) in [6, 6.07) is 45.0. The maximum Gasteiger partial charge on any atom is 0.164 e. The van der Waals surface area contributed by atoms with Crippen molar-refractivity contribution >= 4 is 43.5 Å². The van der Waals surface area contributed by atoms with Gasteiger partial charge in [0.1, 0.15) is 0 Å². The molecule has 5 aromatic carbocycles. The highest BCUT2D eigenvalue weighted by atomic mass is 15.0. The summed E-state index contributed by atoms with van der Waals surface area (Å²) < 4.78 is 0. The first-order chi connectivity index (χ1) is 22.8. The van der Waals surface area contributed by atoms with Gasteiger partial charge < -0.3 is 0 Å². The highest BCUT2D eigenvalue weighted by Crippen LogP contribution is 2.37. The number of nitrogens with zero attached hydrogens (tertiary/aromatic N) is 6. The molecule has 6 heteroatoms. The molecule has 0 unspecified atom stereocenters. The van der Waals surface area contributed by atoms with Gasteiger partial charge in [-0.3, -0.25) is 9.97 Å². The standard InChI is InChI=1S/C40H24N6/c1-3-11-26(12-4-1)38-44-39(27-13-5-2-6-14-27)46-40(45-38)29-16-9-15-28(23-29)34-31-19-8-7-18-30(31)33-24-42-37-32(36(33)43-34)21-20-25-17-10-22-41-35(25)37/h1-24H. The second kappa shape index (κ2) is 10.6. The Morgan fingerprint density at radius 1 is 0.348 bits per heavy atom. The van der Waals surface area contributed by atoms with Crippen LogP contribution in [0, 0.1) is 0 Å². The Labute approximate surface area is 264 Å². The van der Waals surface area contributed by atoms with E-state index in [9.17, 15) is 0 Å². The van der Waals surface area contributed by atoms with Crippen molar-refractivity contribution < 1.29 is 0 Å². The molecular weight excluding hydrogens is 564 g/mol. The maximum absolute atomic E-state index is 5.35. The quantitative estimate of drug-likeness (QED) is 0.191. The van der Waals surface area contributed by atoms with Gasteiger partial charge in [-0.1, -0.05) is 115 Å². The van der Waals surface area contributed by atoms with E-state index < -0.39 is 0 Å². The average Bonchev–Trinajstić information content (AvgIpc) is 3.14. The molecule has 4 aromatic heterocycles. The molecule has 0 radical (unpaired) electrons. The zero-order chi connectivity index (χ0) is 30.5. The third-order valence-corrected chi connectivity index (χ3v) is 8.37. The summed E-state index contributed by atoms with van der Waals surface area (Å²) in [5.74, 6) is 1.86. The third kappa shape index (κ3) is 4.35. The molecule has 0 saturated carbocycles. The van der Waals surface area contributed by atoms with Gasteiger partial charge in [-0.05, 0) is 23.6 Å². The lowest BCUT2D eigenvalue weighted by Gasteiger charge is -2.13. The summed E-state index contributed by atoms with van der Waals surface area (Å²) in [6.45, 7) is 0. The lowest BCUT2D eigenvalue weighted by Crippen LogP contribution is -2.00. The van der Waals surface area contributed by atoms with E-state index in [1.165, 1.54) is 0 Å². The van der Waals surface area contributed by atoms with Crippen molar-refractivity contribution in [2.24, 2.45) is 0 Å². The van der Waals surface area contributed by atoms with Crippen molar-refractivity contribution in [1.29, 1.82) is 0 Å². The van der Waals surface area contributed by atoms with Gasteiger partial charge in [-0.15, -0.1) is 0 Å². The van der Waals surface area contributed by atoms with E-state index in [1.54, 1.807) is 0 Å². The average molecular weight is 589 g/mol. The first-order valence-corrected chi connectivity index (χ1v) is 15.1. The smallest absolute Gasteiger partial charge is 0.164 e.